The van der Waals surface area contributed by atoms with Crippen molar-refractivity contribution < 1.29 is 0 Å². The second-order valence-corrected chi connectivity index (χ2v) is 18.0. The molecule has 0 N–H and O–H groups in total. The van der Waals surface area contributed by atoms with Crippen LogP contribution in [0.4, 0.5) is 17.1 Å². The Morgan fingerprint density at radius 2 is 0.881 bits per heavy atom. The molecule has 1 spiro atoms. The lowest BCUT2D eigenvalue weighted by Gasteiger charge is -2.30. The van der Waals surface area contributed by atoms with Crippen molar-refractivity contribution in [3.63, 3.8) is 0 Å². The van der Waals surface area contributed by atoms with Crippen molar-refractivity contribution in [1.29, 1.82) is 0 Å². The monoisotopic (exact) mass is 850 g/mol. The molecule has 0 fully saturated rings. The number of anilines is 3. The molecule has 0 radical (unpaired) electrons. The summed E-state index contributed by atoms with van der Waals surface area (Å²) in [7, 11) is 0. The van der Waals surface area contributed by atoms with Crippen molar-refractivity contribution in [2.24, 2.45) is 0 Å². The van der Waals surface area contributed by atoms with E-state index < -0.39 is 0 Å². The lowest BCUT2D eigenvalue weighted by atomic mass is 9.70. The molecule has 0 unspecified atom stereocenters. The van der Waals surface area contributed by atoms with Gasteiger partial charge in [0, 0.05) is 33.4 Å². The number of benzene rings is 11. The molecule has 0 saturated carbocycles. The number of aromatic nitrogens is 1. The van der Waals surface area contributed by atoms with Crippen LogP contribution >= 0.6 is 0 Å². The van der Waals surface area contributed by atoms with Crippen molar-refractivity contribution in [3.05, 3.63) is 277 Å². The molecular weight excluding hydrogens is 809 g/mol. The topological polar surface area (TPSA) is 8.17 Å². The summed E-state index contributed by atoms with van der Waals surface area (Å²) >= 11 is 0. The second-order valence-electron chi connectivity index (χ2n) is 18.0. The first-order valence-corrected chi connectivity index (χ1v) is 23.3. The third kappa shape index (κ3) is 5.51. The van der Waals surface area contributed by atoms with E-state index in [9.17, 15) is 0 Å². The van der Waals surface area contributed by atoms with Crippen molar-refractivity contribution in [2.75, 3.05) is 4.90 Å². The highest BCUT2D eigenvalue weighted by molar-refractivity contribution is 6.10. The number of para-hydroxylation sites is 3. The average molecular weight is 851 g/mol. The van der Waals surface area contributed by atoms with E-state index in [-0.39, 0.29) is 5.41 Å². The van der Waals surface area contributed by atoms with E-state index in [1.165, 1.54) is 93.8 Å². The zero-order valence-electron chi connectivity index (χ0n) is 36.6. The van der Waals surface area contributed by atoms with Crippen LogP contribution in [0, 0.1) is 0 Å². The van der Waals surface area contributed by atoms with Crippen LogP contribution in [0.15, 0.2) is 255 Å². The Balaban J connectivity index is 0.917. The Morgan fingerprint density at radius 1 is 0.299 bits per heavy atom. The Labute approximate surface area is 389 Å². The summed E-state index contributed by atoms with van der Waals surface area (Å²) in [5.74, 6) is 0. The minimum atomic E-state index is -0.372. The summed E-state index contributed by atoms with van der Waals surface area (Å²) in [6.07, 6.45) is 0. The van der Waals surface area contributed by atoms with Gasteiger partial charge in [-0.3, -0.25) is 0 Å². The molecule has 2 nitrogen and oxygen atoms in total. The normalized spacial score (nSPS) is 12.9. The van der Waals surface area contributed by atoms with Gasteiger partial charge in [-0.25, -0.2) is 0 Å². The average Bonchev–Trinajstić information content (AvgIpc) is 4.00. The molecule has 0 atom stereocenters. The number of hydrogen-bond donors (Lipinski definition) is 0. The van der Waals surface area contributed by atoms with Gasteiger partial charge in [0.2, 0.25) is 0 Å². The van der Waals surface area contributed by atoms with Crippen molar-refractivity contribution in [3.8, 4) is 50.2 Å². The molecule has 312 valence electrons. The SMILES string of the molecule is c1ccc(N(c2ccc3ccccc3c2)c2ccccc2-c2cccc(-c3ccc4c5ccccc5n(-c5ccc6c(c5)-c5ccccc5C65c6ccccc6-c6ccccc65)c4c3)c2)cc1. The third-order valence-electron chi connectivity index (χ3n) is 14.6. The number of fused-ring (bicyclic) bond motifs is 14. The van der Waals surface area contributed by atoms with Crippen LogP contribution in [-0.2, 0) is 5.41 Å². The predicted octanol–water partition coefficient (Wildman–Crippen LogP) is 17.1. The van der Waals surface area contributed by atoms with Crippen LogP contribution in [0.1, 0.15) is 22.3 Å². The van der Waals surface area contributed by atoms with Crippen LogP contribution < -0.4 is 4.90 Å². The third-order valence-corrected chi connectivity index (χ3v) is 14.6. The van der Waals surface area contributed by atoms with Crippen molar-refractivity contribution in [2.45, 2.75) is 5.41 Å². The molecule has 0 saturated heterocycles. The molecule has 11 aromatic carbocycles. The first kappa shape index (κ1) is 37.6. The molecule has 1 aromatic heterocycles. The van der Waals surface area contributed by atoms with E-state index in [4.69, 9.17) is 0 Å². The fourth-order valence-electron chi connectivity index (χ4n) is 11.8. The van der Waals surface area contributed by atoms with Crippen LogP contribution in [-0.4, -0.2) is 4.57 Å². The van der Waals surface area contributed by atoms with Crippen molar-refractivity contribution >= 4 is 49.6 Å². The molecule has 0 bridgehead atoms. The van der Waals surface area contributed by atoms with Gasteiger partial charge in [0.05, 0.1) is 22.1 Å². The van der Waals surface area contributed by atoms with Gasteiger partial charge >= 0.3 is 0 Å². The van der Waals surface area contributed by atoms with Gasteiger partial charge in [0.15, 0.2) is 0 Å². The zero-order chi connectivity index (χ0) is 44.1. The Morgan fingerprint density at radius 3 is 1.66 bits per heavy atom. The number of nitrogens with zero attached hydrogens (tertiary/aromatic N) is 2. The van der Waals surface area contributed by atoms with Gasteiger partial charge in [-0.15, -0.1) is 0 Å². The van der Waals surface area contributed by atoms with Crippen LogP contribution in [0.25, 0.3) is 82.8 Å². The van der Waals surface area contributed by atoms with Crippen LogP contribution in [0.5, 0.6) is 0 Å². The van der Waals surface area contributed by atoms with E-state index in [2.05, 4.69) is 264 Å². The van der Waals surface area contributed by atoms with Crippen LogP contribution in [0.3, 0.4) is 0 Å². The second kappa shape index (κ2) is 14.7. The highest BCUT2D eigenvalue weighted by atomic mass is 15.1. The number of rotatable bonds is 6. The smallest absolute Gasteiger partial charge is 0.0725 e. The van der Waals surface area contributed by atoms with E-state index in [1.807, 2.05) is 0 Å². The number of hydrogen-bond acceptors (Lipinski definition) is 1. The summed E-state index contributed by atoms with van der Waals surface area (Å²) in [5, 5.41) is 4.93. The molecule has 2 aliphatic rings. The Kier molecular flexibility index (Phi) is 8.23. The predicted molar refractivity (Wildman–Crippen MR) is 280 cm³/mol. The molecule has 0 amide bonds. The van der Waals surface area contributed by atoms with E-state index in [1.54, 1.807) is 0 Å². The molecule has 1 heterocycles. The van der Waals surface area contributed by atoms with Gasteiger partial charge < -0.3 is 9.47 Å². The van der Waals surface area contributed by atoms with Gasteiger partial charge in [-0.05, 0) is 133 Å². The zero-order valence-corrected chi connectivity index (χ0v) is 36.6. The van der Waals surface area contributed by atoms with Crippen LogP contribution in [0.2, 0.25) is 0 Å². The highest BCUT2D eigenvalue weighted by Gasteiger charge is 2.51. The first-order valence-electron chi connectivity index (χ1n) is 23.3. The largest absolute Gasteiger partial charge is 0.310 e. The molecular formula is C65H42N2. The minimum absolute atomic E-state index is 0.372. The standard InChI is InChI=1S/C65H42N2/c1-2-21-48(22-3-1)66(49-35-33-43-17-4-5-18-45(43)40-49)62-31-14-9-23-51(62)47-20-16-19-44(39-47)46-34-37-56-55-27-10-15-32-63(55)67(64(56)41-46)50-36-38-61-57(42-50)54-26-8-13-30-60(54)65(61)58-28-11-6-24-52(58)53-25-7-12-29-59(53)65/h1-42H. The van der Waals surface area contributed by atoms with E-state index in [0.29, 0.717) is 0 Å². The molecule has 2 heteroatoms. The molecule has 14 rings (SSSR count). The fraction of sp³-hybridized carbons (Fsp3) is 0.0154. The Hall–Kier alpha value is -8.72. The van der Waals surface area contributed by atoms with Gasteiger partial charge in [0.1, 0.15) is 0 Å². The molecule has 12 aromatic rings. The maximum absolute atomic E-state index is 2.49. The van der Waals surface area contributed by atoms with E-state index in [0.717, 1.165) is 28.3 Å². The van der Waals surface area contributed by atoms with E-state index >= 15 is 0 Å². The quantitative estimate of drug-likeness (QED) is 0.162. The van der Waals surface area contributed by atoms with Gasteiger partial charge in [-0.1, -0.05) is 194 Å². The lowest BCUT2D eigenvalue weighted by molar-refractivity contribution is 0.793. The summed E-state index contributed by atoms with van der Waals surface area (Å²) in [4.78, 5) is 2.39. The molecule has 2 aliphatic carbocycles. The molecule has 67 heavy (non-hydrogen) atoms. The first-order chi connectivity index (χ1) is 33.2. The maximum Gasteiger partial charge on any atom is 0.0725 e. The molecule has 0 aliphatic heterocycles. The van der Waals surface area contributed by atoms with Gasteiger partial charge in [-0.2, -0.15) is 0 Å². The highest BCUT2D eigenvalue weighted by Crippen LogP contribution is 2.63. The van der Waals surface area contributed by atoms with Crippen molar-refractivity contribution in [1.82, 2.24) is 4.57 Å². The summed E-state index contributed by atoms with van der Waals surface area (Å²) in [5.41, 5.74) is 21.9. The lowest BCUT2D eigenvalue weighted by Crippen LogP contribution is -2.25. The minimum Gasteiger partial charge on any atom is -0.310 e. The summed E-state index contributed by atoms with van der Waals surface area (Å²) in [6, 6.07) is 94.2. The Bertz CT molecular complexity index is 3900. The fourth-order valence-corrected chi connectivity index (χ4v) is 11.8. The maximum atomic E-state index is 2.49. The van der Waals surface area contributed by atoms with Gasteiger partial charge in [0.25, 0.3) is 0 Å². The summed E-state index contributed by atoms with van der Waals surface area (Å²) in [6.45, 7) is 0. The summed E-state index contributed by atoms with van der Waals surface area (Å²) < 4.78 is 2.49.